The van der Waals surface area contributed by atoms with Crippen LogP contribution in [0, 0.1) is 11.8 Å². The van der Waals surface area contributed by atoms with E-state index in [0.29, 0.717) is 5.92 Å². The SMILES string of the molecule is CC1C=CC=CC1N(C1=C2Sc3ccc(N(C4=CC=C5c6ccccc6C6(c7ccccc7Oc7ccccc76)C5C4)c4ccccc4)cc3C2CC(N(c2ccccc2)c2ccccc2)=C1)c1ccccc1. The number of hydrogen-bond acceptors (Lipinski definition) is 5. The van der Waals surface area contributed by atoms with Gasteiger partial charge >= 0.3 is 0 Å². The smallest absolute Gasteiger partial charge is 0.131 e. The van der Waals surface area contributed by atoms with Gasteiger partial charge in [0.1, 0.15) is 11.5 Å². The van der Waals surface area contributed by atoms with Crippen molar-refractivity contribution in [2.24, 2.45) is 11.8 Å². The van der Waals surface area contributed by atoms with E-state index in [4.69, 9.17) is 4.74 Å². The molecule has 73 heavy (non-hydrogen) atoms. The molecule has 6 aliphatic rings. The van der Waals surface area contributed by atoms with Crippen LogP contribution in [0.3, 0.4) is 0 Å². The normalized spacial score (nSPS) is 20.3. The molecule has 1 spiro atoms. The molecule has 2 aliphatic heterocycles. The lowest BCUT2D eigenvalue weighted by molar-refractivity contribution is 0.380. The Labute approximate surface area is 432 Å². The van der Waals surface area contributed by atoms with E-state index in [2.05, 4.69) is 276 Å². The summed E-state index contributed by atoms with van der Waals surface area (Å²) in [6.07, 6.45) is 18.2. The third-order valence-electron chi connectivity index (χ3n) is 16.0. The molecule has 4 unspecified atom stereocenters. The molecule has 14 rings (SSSR count). The predicted molar refractivity (Wildman–Crippen MR) is 302 cm³/mol. The van der Waals surface area contributed by atoms with Crippen molar-refractivity contribution >= 4 is 45.8 Å². The molecule has 8 aromatic carbocycles. The molecule has 8 aromatic rings. The summed E-state index contributed by atoms with van der Waals surface area (Å²) >= 11 is 1.96. The average molecular weight is 960 g/mol. The van der Waals surface area contributed by atoms with Gasteiger partial charge in [0.15, 0.2) is 0 Å². The zero-order chi connectivity index (χ0) is 48.5. The van der Waals surface area contributed by atoms with Gasteiger partial charge in [0.25, 0.3) is 0 Å². The monoisotopic (exact) mass is 959 g/mol. The second-order valence-electron chi connectivity index (χ2n) is 20.0. The molecule has 4 aliphatic carbocycles. The second-order valence-corrected chi connectivity index (χ2v) is 21.0. The van der Waals surface area contributed by atoms with Crippen LogP contribution in [0.2, 0.25) is 0 Å². The van der Waals surface area contributed by atoms with Crippen LogP contribution in [0.5, 0.6) is 11.5 Å². The van der Waals surface area contributed by atoms with E-state index >= 15 is 0 Å². The van der Waals surface area contributed by atoms with Crippen molar-refractivity contribution in [3.05, 3.63) is 305 Å². The van der Waals surface area contributed by atoms with Crippen LogP contribution in [0.4, 0.5) is 28.4 Å². The summed E-state index contributed by atoms with van der Waals surface area (Å²) < 4.78 is 6.75. The number of thioether (sulfide) groups is 1. The Morgan fingerprint density at radius 3 is 1.68 bits per heavy atom. The van der Waals surface area contributed by atoms with Crippen molar-refractivity contribution in [3.63, 3.8) is 0 Å². The Morgan fingerprint density at radius 2 is 1.05 bits per heavy atom. The summed E-state index contributed by atoms with van der Waals surface area (Å²) in [5, 5.41) is 0. The standard InChI is InChI=1S/C68H53N3OS/c1-46-22-14-19-35-62(46)71(50-29-12-5-13-30-50)63-45-53(69(47-23-6-2-7-24-47)48-25-8-3-9-26-48)43-57-56-42-51(39-41-66(56)73-67(57)63)70(49-27-10-4-11-28-49)52-38-40-55-54-31-15-16-32-58(54)68(61(55)44-52)59-33-17-20-36-64(59)72-65-37-21-18-34-60(65)68/h2-42,45-46,57,61-62H,43-44H2,1H3. The number of benzene rings is 8. The van der Waals surface area contributed by atoms with Crippen LogP contribution >= 0.6 is 11.8 Å². The number of rotatable bonds is 9. The molecule has 352 valence electrons. The maximum atomic E-state index is 6.75. The number of anilines is 5. The third-order valence-corrected chi connectivity index (χ3v) is 17.3. The molecule has 0 fully saturated rings. The number of para-hydroxylation sites is 6. The van der Waals surface area contributed by atoms with Gasteiger partial charge in [-0.2, -0.15) is 0 Å². The van der Waals surface area contributed by atoms with Gasteiger partial charge in [-0.05, 0) is 132 Å². The lowest BCUT2D eigenvalue weighted by atomic mass is 9.61. The topological polar surface area (TPSA) is 19.0 Å². The molecule has 0 saturated heterocycles. The Morgan fingerprint density at radius 1 is 0.507 bits per heavy atom. The quantitative estimate of drug-likeness (QED) is 0.143. The molecule has 5 heteroatoms. The molecule has 4 atom stereocenters. The fourth-order valence-corrected chi connectivity index (χ4v) is 14.2. The van der Waals surface area contributed by atoms with Crippen LogP contribution in [0.25, 0.3) is 5.57 Å². The highest BCUT2D eigenvalue weighted by Gasteiger charge is 2.56. The Balaban J connectivity index is 0.932. The molecule has 4 nitrogen and oxygen atoms in total. The van der Waals surface area contributed by atoms with Crippen molar-refractivity contribution in [1.82, 2.24) is 0 Å². The number of fused-ring (bicyclic) bond motifs is 12. The van der Waals surface area contributed by atoms with Gasteiger partial charge in [0, 0.05) is 72.6 Å². The number of ether oxygens (including phenoxy) is 1. The van der Waals surface area contributed by atoms with Gasteiger partial charge < -0.3 is 19.4 Å². The maximum absolute atomic E-state index is 6.75. The van der Waals surface area contributed by atoms with Crippen LogP contribution in [0.1, 0.15) is 53.5 Å². The summed E-state index contributed by atoms with van der Waals surface area (Å²) in [4.78, 5) is 10.4. The van der Waals surface area contributed by atoms with Crippen LogP contribution in [0.15, 0.2) is 282 Å². The lowest BCUT2D eigenvalue weighted by Gasteiger charge is -2.44. The highest BCUT2D eigenvalue weighted by molar-refractivity contribution is 8.03. The Kier molecular flexibility index (Phi) is 10.6. The molecule has 0 radical (unpaired) electrons. The minimum atomic E-state index is -0.444. The minimum absolute atomic E-state index is 0.113. The van der Waals surface area contributed by atoms with Gasteiger partial charge in [0.2, 0.25) is 0 Å². The Bertz CT molecular complexity index is 3550. The number of nitrogens with zero attached hydrogens (tertiary/aromatic N) is 3. The van der Waals surface area contributed by atoms with E-state index in [-0.39, 0.29) is 17.9 Å². The fraction of sp³-hybridized carbons (Fsp3) is 0.118. The van der Waals surface area contributed by atoms with E-state index in [1.54, 1.807) is 0 Å². The van der Waals surface area contributed by atoms with Gasteiger partial charge in [-0.15, -0.1) is 0 Å². The summed E-state index contributed by atoms with van der Waals surface area (Å²) in [7, 11) is 0. The molecular formula is C68H53N3OS. The number of allylic oxidation sites excluding steroid dienone is 9. The van der Waals surface area contributed by atoms with Crippen LogP contribution < -0.4 is 19.4 Å². The summed E-state index contributed by atoms with van der Waals surface area (Å²) in [6, 6.07) is 77.9. The first-order valence-corrected chi connectivity index (χ1v) is 26.5. The zero-order valence-corrected chi connectivity index (χ0v) is 41.4. The number of hydrogen-bond donors (Lipinski definition) is 0. The van der Waals surface area contributed by atoms with Crippen molar-refractivity contribution in [1.29, 1.82) is 0 Å². The second kappa shape index (κ2) is 17.8. The van der Waals surface area contributed by atoms with Gasteiger partial charge in [-0.25, -0.2) is 0 Å². The van der Waals surface area contributed by atoms with Crippen molar-refractivity contribution in [2.45, 2.75) is 42.0 Å². The maximum Gasteiger partial charge on any atom is 0.131 e. The highest BCUT2D eigenvalue weighted by atomic mass is 32.2. The summed E-state index contributed by atoms with van der Waals surface area (Å²) in [5.74, 6) is 2.39. The first-order chi connectivity index (χ1) is 36.1. The van der Waals surface area contributed by atoms with Crippen molar-refractivity contribution in [2.75, 3.05) is 14.7 Å². The summed E-state index contributed by atoms with van der Waals surface area (Å²) in [5.41, 5.74) is 17.0. The largest absolute Gasteiger partial charge is 0.457 e. The van der Waals surface area contributed by atoms with E-state index in [1.165, 1.54) is 71.7 Å². The van der Waals surface area contributed by atoms with Crippen molar-refractivity contribution < 1.29 is 4.74 Å². The van der Waals surface area contributed by atoms with Gasteiger partial charge in [-0.1, -0.05) is 183 Å². The van der Waals surface area contributed by atoms with Gasteiger partial charge in [-0.3, -0.25) is 0 Å². The van der Waals surface area contributed by atoms with Crippen molar-refractivity contribution in [3.8, 4) is 11.5 Å². The summed E-state index contributed by atoms with van der Waals surface area (Å²) in [6.45, 7) is 2.35. The molecule has 2 heterocycles. The van der Waals surface area contributed by atoms with E-state index in [0.717, 1.165) is 41.4 Å². The van der Waals surface area contributed by atoms with E-state index < -0.39 is 5.41 Å². The van der Waals surface area contributed by atoms with E-state index in [1.807, 2.05) is 11.8 Å². The van der Waals surface area contributed by atoms with E-state index in [9.17, 15) is 0 Å². The average Bonchev–Trinajstić information content (AvgIpc) is 3.97. The highest BCUT2D eigenvalue weighted by Crippen LogP contribution is 2.66. The van der Waals surface area contributed by atoms with Crippen LogP contribution in [-0.4, -0.2) is 6.04 Å². The lowest BCUT2D eigenvalue weighted by Crippen LogP contribution is -2.39. The van der Waals surface area contributed by atoms with Gasteiger partial charge in [0.05, 0.1) is 17.2 Å². The predicted octanol–water partition coefficient (Wildman–Crippen LogP) is 17.4. The van der Waals surface area contributed by atoms with Crippen LogP contribution in [-0.2, 0) is 5.41 Å². The molecule has 0 bridgehead atoms. The molecule has 0 aromatic heterocycles. The first kappa shape index (κ1) is 43.5. The zero-order valence-electron chi connectivity index (χ0n) is 40.6. The third kappa shape index (κ3) is 7.05. The Hall–Kier alpha value is -8.25. The molecule has 0 amide bonds. The first-order valence-electron chi connectivity index (χ1n) is 25.7. The molecular weight excluding hydrogens is 907 g/mol. The molecule has 0 saturated carbocycles. The minimum Gasteiger partial charge on any atom is -0.457 e. The molecule has 0 N–H and O–H groups in total. The fourth-order valence-electron chi connectivity index (χ4n) is 12.9.